The van der Waals surface area contributed by atoms with Crippen LogP contribution < -0.4 is 5.56 Å². The van der Waals surface area contributed by atoms with Gasteiger partial charge in [0.05, 0.1) is 22.6 Å². The van der Waals surface area contributed by atoms with E-state index in [2.05, 4.69) is 0 Å². The molecule has 5 nitrogen and oxygen atoms in total. The van der Waals surface area contributed by atoms with Crippen LogP contribution in [0, 0.1) is 13.8 Å². The lowest BCUT2D eigenvalue weighted by Gasteiger charge is -2.29. The Kier molecular flexibility index (Phi) is 6.34. The van der Waals surface area contributed by atoms with Gasteiger partial charge in [-0.05, 0) is 70.2 Å². The summed E-state index contributed by atoms with van der Waals surface area (Å²) in [5, 5.41) is 0.980. The molecule has 0 aliphatic rings. The van der Waals surface area contributed by atoms with Gasteiger partial charge in [-0.1, -0.05) is 47.0 Å². The van der Waals surface area contributed by atoms with Gasteiger partial charge in [-0.2, -0.15) is 0 Å². The van der Waals surface area contributed by atoms with Crippen LogP contribution in [-0.2, 0) is 0 Å². The number of carbonyl (C=O) groups is 1. The molecule has 4 rings (SSSR count). The van der Waals surface area contributed by atoms with Gasteiger partial charge in [-0.3, -0.25) is 14.2 Å². The first kappa shape index (κ1) is 22.7. The first-order valence-electron chi connectivity index (χ1n) is 11.0. The maximum atomic E-state index is 13.6. The summed E-state index contributed by atoms with van der Waals surface area (Å²) in [5.41, 5.74) is 3.80. The fraction of sp³-hybridized carbons (Fsp3) is 0.222. The van der Waals surface area contributed by atoms with Crippen molar-refractivity contribution in [3.05, 3.63) is 105 Å². The number of nitrogens with zero attached hydrogens (tertiary/aromatic N) is 3. The number of aryl methyl sites for hydroxylation is 2. The Morgan fingerprint density at radius 2 is 1.61 bits per heavy atom. The number of carbonyl (C=O) groups excluding carboxylic acids is 1. The van der Waals surface area contributed by atoms with Crippen molar-refractivity contribution in [1.29, 1.82) is 0 Å². The lowest BCUT2D eigenvalue weighted by atomic mass is 10.1. The summed E-state index contributed by atoms with van der Waals surface area (Å²) < 4.78 is 1.60. The quantitative estimate of drug-likeness (QED) is 0.374. The van der Waals surface area contributed by atoms with Crippen molar-refractivity contribution in [3.63, 3.8) is 0 Å². The molecule has 0 N–H and O–H groups in total. The molecule has 0 bridgehead atoms. The summed E-state index contributed by atoms with van der Waals surface area (Å²) in [7, 11) is 0. The second kappa shape index (κ2) is 9.20. The number of aromatic nitrogens is 2. The minimum Gasteiger partial charge on any atom is -0.329 e. The average Bonchev–Trinajstić information content (AvgIpc) is 2.80. The van der Waals surface area contributed by atoms with Crippen molar-refractivity contribution in [2.75, 3.05) is 6.54 Å². The minimum absolute atomic E-state index is 0.110. The number of amides is 1. The fourth-order valence-electron chi connectivity index (χ4n) is 3.99. The Morgan fingerprint density at radius 3 is 2.21 bits per heavy atom. The number of hydrogen-bond donors (Lipinski definition) is 0. The molecule has 168 valence electrons. The SMILES string of the molecule is CCN(C(=O)c1ccc(C)cc1)C(C)c1nc2cc(Cl)ccc2c(=O)n1-c1ccc(C)cc1. The largest absolute Gasteiger partial charge is 0.329 e. The molecule has 33 heavy (non-hydrogen) atoms. The van der Waals surface area contributed by atoms with Gasteiger partial charge in [-0.15, -0.1) is 0 Å². The van der Waals surface area contributed by atoms with E-state index < -0.39 is 6.04 Å². The Balaban J connectivity index is 1.90. The highest BCUT2D eigenvalue weighted by Gasteiger charge is 2.26. The van der Waals surface area contributed by atoms with Crippen LogP contribution in [0.4, 0.5) is 0 Å². The van der Waals surface area contributed by atoms with Crippen LogP contribution in [0.5, 0.6) is 0 Å². The molecule has 6 heteroatoms. The highest BCUT2D eigenvalue weighted by molar-refractivity contribution is 6.31. The number of fused-ring (bicyclic) bond motifs is 1. The average molecular weight is 460 g/mol. The lowest BCUT2D eigenvalue weighted by molar-refractivity contribution is 0.0693. The summed E-state index contributed by atoms with van der Waals surface area (Å²) in [6, 6.07) is 19.8. The molecule has 0 aliphatic heterocycles. The van der Waals surface area contributed by atoms with Crippen molar-refractivity contribution >= 4 is 28.4 Å². The van der Waals surface area contributed by atoms with Gasteiger partial charge in [-0.25, -0.2) is 4.98 Å². The number of halogens is 1. The molecule has 1 amide bonds. The van der Waals surface area contributed by atoms with Gasteiger partial charge < -0.3 is 4.90 Å². The zero-order valence-electron chi connectivity index (χ0n) is 19.2. The third kappa shape index (κ3) is 4.41. The van der Waals surface area contributed by atoms with Crippen molar-refractivity contribution in [2.24, 2.45) is 0 Å². The molecule has 1 aromatic heterocycles. The summed E-state index contributed by atoms with van der Waals surface area (Å²) >= 11 is 6.20. The van der Waals surface area contributed by atoms with Crippen molar-refractivity contribution < 1.29 is 4.79 Å². The number of benzene rings is 3. The third-order valence-corrected chi connectivity index (χ3v) is 6.13. The predicted octanol–water partition coefficient (Wildman–Crippen LogP) is 5.88. The zero-order chi connectivity index (χ0) is 23.7. The van der Waals surface area contributed by atoms with Gasteiger partial charge in [0.1, 0.15) is 5.82 Å². The van der Waals surface area contributed by atoms with Crippen molar-refractivity contribution in [1.82, 2.24) is 14.5 Å². The van der Waals surface area contributed by atoms with Crippen LogP contribution >= 0.6 is 11.6 Å². The molecule has 1 atom stereocenters. The van der Waals surface area contributed by atoms with Crippen LogP contribution in [0.3, 0.4) is 0 Å². The highest BCUT2D eigenvalue weighted by Crippen LogP contribution is 2.25. The molecule has 0 spiro atoms. The normalized spacial score (nSPS) is 12.0. The summed E-state index contributed by atoms with van der Waals surface area (Å²) in [6.45, 7) is 8.27. The summed E-state index contributed by atoms with van der Waals surface area (Å²) in [5.74, 6) is 0.377. The molecular formula is C27H26ClN3O2. The molecule has 1 unspecified atom stereocenters. The smallest absolute Gasteiger partial charge is 0.266 e. The van der Waals surface area contributed by atoms with Gasteiger partial charge in [0, 0.05) is 17.1 Å². The Morgan fingerprint density at radius 1 is 1.00 bits per heavy atom. The fourth-order valence-corrected chi connectivity index (χ4v) is 4.16. The maximum Gasteiger partial charge on any atom is 0.266 e. The summed E-state index contributed by atoms with van der Waals surface area (Å²) in [6.07, 6.45) is 0. The Hall–Kier alpha value is -3.44. The standard InChI is InChI=1S/C27H26ClN3O2/c1-5-30(26(32)20-10-6-17(2)7-11-20)19(4)25-29-24-16-21(28)12-15-23(24)27(33)31(25)22-13-8-18(3)9-14-22/h6-16,19H,5H2,1-4H3. The first-order valence-corrected chi connectivity index (χ1v) is 11.3. The van der Waals surface area contributed by atoms with Gasteiger partial charge in [0.2, 0.25) is 0 Å². The molecule has 1 heterocycles. The topological polar surface area (TPSA) is 55.2 Å². The third-order valence-electron chi connectivity index (χ3n) is 5.89. The van der Waals surface area contributed by atoms with Gasteiger partial charge in [0.25, 0.3) is 11.5 Å². The van der Waals surface area contributed by atoms with Crippen LogP contribution in [0.1, 0.15) is 47.2 Å². The van der Waals surface area contributed by atoms with E-state index in [9.17, 15) is 9.59 Å². The van der Waals surface area contributed by atoms with E-state index in [4.69, 9.17) is 16.6 Å². The molecule has 0 fully saturated rings. The predicted molar refractivity (Wildman–Crippen MR) is 133 cm³/mol. The molecule has 0 aliphatic carbocycles. The molecule has 0 saturated carbocycles. The number of rotatable bonds is 5. The lowest BCUT2D eigenvalue weighted by Crippen LogP contribution is -2.37. The molecular weight excluding hydrogens is 434 g/mol. The Labute approximate surface area is 198 Å². The highest BCUT2D eigenvalue weighted by atomic mass is 35.5. The maximum absolute atomic E-state index is 13.6. The van der Waals surface area contributed by atoms with Crippen molar-refractivity contribution in [2.45, 2.75) is 33.7 Å². The zero-order valence-corrected chi connectivity index (χ0v) is 19.9. The molecule has 4 aromatic rings. The Bertz CT molecular complexity index is 1380. The van der Waals surface area contributed by atoms with Crippen LogP contribution in [0.25, 0.3) is 16.6 Å². The van der Waals surface area contributed by atoms with Crippen molar-refractivity contribution in [3.8, 4) is 5.69 Å². The van der Waals surface area contributed by atoms with E-state index in [-0.39, 0.29) is 11.5 Å². The van der Waals surface area contributed by atoms with Gasteiger partial charge in [0.15, 0.2) is 0 Å². The van der Waals surface area contributed by atoms with E-state index in [0.29, 0.717) is 39.5 Å². The molecule has 3 aromatic carbocycles. The monoisotopic (exact) mass is 459 g/mol. The van der Waals surface area contributed by atoms with Crippen LogP contribution in [0.2, 0.25) is 5.02 Å². The van der Waals surface area contributed by atoms with E-state index in [0.717, 1.165) is 11.1 Å². The number of hydrogen-bond acceptors (Lipinski definition) is 3. The molecule has 0 saturated heterocycles. The van der Waals surface area contributed by atoms with E-state index in [1.54, 1.807) is 27.7 Å². The first-order chi connectivity index (χ1) is 15.8. The van der Waals surface area contributed by atoms with E-state index in [1.165, 1.54) is 0 Å². The summed E-state index contributed by atoms with van der Waals surface area (Å²) in [4.78, 5) is 33.6. The van der Waals surface area contributed by atoms with Crippen LogP contribution in [-0.4, -0.2) is 26.9 Å². The second-order valence-corrected chi connectivity index (χ2v) is 8.68. The van der Waals surface area contributed by atoms with Crippen LogP contribution in [0.15, 0.2) is 71.5 Å². The van der Waals surface area contributed by atoms with E-state index in [1.807, 2.05) is 76.2 Å². The molecule has 0 radical (unpaired) electrons. The second-order valence-electron chi connectivity index (χ2n) is 8.24. The minimum atomic E-state index is -0.457. The van der Waals surface area contributed by atoms with E-state index >= 15 is 0 Å². The van der Waals surface area contributed by atoms with Gasteiger partial charge >= 0.3 is 0 Å².